The number of rotatable bonds is 5. The van der Waals surface area contributed by atoms with Crippen LogP contribution in [-0.4, -0.2) is 43.0 Å². The van der Waals surface area contributed by atoms with Crippen LogP contribution in [0.5, 0.6) is 17.2 Å². The minimum Gasteiger partial charge on any atom is -0.508 e. The molecule has 45 heavy (non-hydrogen) atoms. The molecule has 7 rings (SSSR count). The van der Waals surface area contributed by atoms with Crippen LogP contribution in [0.4, 0.5) is 11.4 Å². The highest BCUT2D eigenvalue weighted by atomic mass is 35.5. The first-order valence-electron chi connectivity index (χ1n) is 14.8. The molecule has 9 nitrogen and oxygen atoms in total. The monoisotopic (exact) mass is 626 g/mol. The first-order chi connectivity index (χ1) is 21.6. The lowest BCUT2D eigenvalue weighted by molar-refractivity contribution is -0.131. The molecule has 4 aliphatic rings. The highest BCUT2D eigenvalue weighted by Crippen LogP contribution is 2.65. The van der Waals surface area contributed by atoms with Crippen molar-refractivity contribution in [1.29, 1.82) is 0 Å². The number of ether oxygens (including phenoxy) is 2. The van der Waals surface area contributed by atoms with Crippen molar-refractivity contribution in [1.82, 2.24) is 0 Å². The molecule has 3 aromatic carbocycles. The fourth-order valence-electron chi connectivity index (χ4n) is 8.20. The van der Waals surface area contributed by atoms with E-state index in [0.717, 1.165) is 5.57 Å². The molecule has 0 radical (unpaired) electrons. The number of carbonyl (C=O) groups is 4. The van der Waals surface area contributed by atoms with Crippen molar-refractivity contribution in [3.05, 3.63) is 89.0 Å². The third-order valence-electron chi connectivity index (χ3n) is 10.2. The van der Waals surface area contributed by atoms with Crippen molar-refractivity contribution < 1.29 is 33.8 Å². The first-order valence-corrected chi connectivity index (χ1v) is 15.2. The van der Waals surface area contributed by atoms with E-state index in [-0.39, 0.29) is 53.7 Å². The second-order valence-corrected chi connectivity index (χ2v) is 12.7. The Balaban J connectivity index is 1.42. The smallest absolute Gasteiger partial charge is 0.241 e. The fourth-order valence-corrected chi connectivity index (χ4v) is 8.33. The Labute approximate surface area is 265 Å². The van der Waals surface area contributed by atoms with E-state index in [0.29, 0.717) is 22.0 Å². The average Bonchev–Trinajstić information content (AvgIpc) is 3.41. The van der Waals surface area contributed by atoms with Gasteiger partial charge >= 0.3 is 0 Å². The van der Waals surface area contributed by atoms with Gasteiger partial charge in [0.2, 0.25) is 23.6 Å². The third-order valence-corrected chi connectivity index (χ3v) is 10.4. The van der Waals surface area contributed by atoms with Crippen LogP contribution in [0.15, 0.2) is 78.4 Å². The summed E-state index contributed by atoms with van der Waals surface area (Å²) in [6, 6.07) is 18.3. The topological polar surface area (TPSA) is 113 Å². The van der Waals surface area contributed by atoms with Gasteiger partial charge in [-0.1, -0.05) is 41.4 Å². The highest BCUT2D eigenvalue weighted by Gasteiger charge is 2.68. The zero-order valence-corrected chi connectivity index (χ0v) is 25.7. The third kappa shape index (κ3) is 4.06. The van der Waals surface area contributed by atoms with E-state index >= 15 is 0 Å². The Morgan fingerprint density at radius 1 is 0.822 bits per heavy atom. The number of hydrogen-bond acceptors (Lipinski definition) is 7. The SMILES string of the molecule is COc1cc(O)cc(OC)c1C1C2=CCC3C(=O)N(c4ccc(Cl)cc4)C(=O)C3C2CC2C(=O)N(c3ccccc3)C(=O)C21C. The summed E-state index contributed by atoms with van der Waals surface area (Å²) in [5.74, 6) is -4.32. The number of fused-ring (bicyclic) bond motifs is 4. The van der Waals surface area contributed by atoms with Crippen LogP contribution in [0.3, 0.4) is 0 Å². The summed E-state index contributed by atoms with van der Waals surface area (Å²) in [5.41, 5.74) is 0.893. The van der Waals surface area contributed by atoms with Crippen molar-refractivity contribution in [3.8, 4) is 17.2 Å². The van der Waals surface area contributed by atoms with Crippen LogP contribution in [0.2, 0.25) is 5.02 Å². The quantitative estimate of drug-likeness (QED) is 0.294. The summed E-state index contributed by atoms with van der Waals surface area (Å²) in [5, 5.41) is 11.0. The minimum atomic E-state index is -1.29. The van der Waals surface area contributed by atoms with Crippen LogP contribution >= 0.6 is 11.6 Å². The van der Waals surface area contributed by atoms with Gasteiger partial charge in [0.05, 0.1) is 48.8 Å². The number of para-hydroxylation sites is 1. The number of benzene rings is 3. The number of carbonyl (C=O) groups excluding carboxylic acids is 4. The number of anilines is 2. The minimum absolute atomic E-state index is 0.0888. The molecule has 3 fully saturated rings. The Morgan fingerprint density at radius 2 is 1.44 bits per heavy atom. The summed E-state index contributed by atoms with van der Waals surface area (Å²) >= 11 is 6.09. The van der Waals surface area contributed by atoms with E-state index in [9.17, 15) is 24.3 Å². The van der Waals surface area contributed by atoms with E-state index in [4.69, 9.17) is 21.1 Å². The van der Waals surface area contributed by atoms with Gasteiger partial charge in [-0.2, -0.15) is 0 Å². The standard InChI is InChI=1S/C35H31ClN2O7/c1-35-25(32(41)38(34(35)43)19-7-5-4-6-8-19)17-24-22(30(35)29-26(44-2)15-21(39)16-27(29)45-3)13-14-23-28(24)33(42)37(31(23)40)20-11-9-18(36)10-12-20/h4-13,15-16,23-25,28,30,39H,14,17H2,1-3H3. The van der Waals surface area contributed by atoms with Crippen LogP contribution < -0.4 is 19.3 Å². The number of phenolic OH excluding ortho intramolecular Hbond substituents is 1. The maximum absolute atomic E-state index is 14.6. The average molecular weight is 627 g/mol. The fraction of sp³-hybridized carbons (Fsp3) is 0.314. The van der Waals surface area contributed by atoms with Gasteiger partial charge in [-0.05, 0) is 62.1 Å². The van der Waals surface area contributed by atoms with Crippen molar-refractivity contribution in [3.63, 3.8) is 0 Å². The lowest BCUT2D eigenvalue weighted by Gasteiger charge is -2.49. The van der Waals surface area contributed by atoms with Crippen molar-refractivity contribution in [2.45, 2.75) is 25.7 Å². The predicted octanol–water partition coefficient (Wildman–Crippen LogP) is 5.50. The maximum Gasteiger partial charge on any atom is 0.241 e. The van der Waals surface area contributed by atoms with Gasteiger partial charge in [-0.25, -0.2) is 4.90 Å². The Morgan fingerprint density at radius 3 is 2.07 bits per heavy atom. The zero-order valence-electron chi connectivity index (χ0n) is 24.9. The van der Waals surface area contributed by atoms with Crippen LogP contribution in [-0.2, 0) is 19.2 Å². The number of allylic oxidation sites excluding steroid dienone is 2. The van der Waals surface area contributed by atoms with Gasteiger partial charge in [0.25, 0.3) is 0 Å². The molecule has 10 heteroatoms. The molecule has 2 aliphatic heterocycles. The van der Waals surface area contributed by atoms with Gasteiger partial charge in [0, 0.05) is 28.6 Å². The molecule has 0 bridgehead atoms. The van der Waals surface area contributed by atoms with Crippen LogP contribution in [0, 0.1) is 29.1 Å². The van der Waals surface area contributed by atoms with E-state index in [2.05, 4.69) is 0 Å². The molecule has 3 aromatic rings. The van der Waals surface area contributed by atoms with Crippen LogP contribution in [0.25, 0.3) is 0 Å². The molecular weight excluding hydrogens is 596 g/mol. The molecule has 0 spiro atoms. The van der Waals surface area contributed by atoms with Crippen molar-refractivity contribution >= 4 is 46.6 Å². The molecule has 2 saturated heterocycles. The number of halogens is 1. The largest absolute Gasteiger partial charge is 0.508 e. The number of phenols is 1. The summed E-state index contributed by atoms with van der Waals surface area (Å²) in [6.45, 7) is 1.79. The molecule has 2 heterocycles. The molecular formula is C35H31ClN2O7. The summed E-state index contributed by atoms with van der Waals surface area (Å²) in [6.07, 6.45) is 2.46. The molecule has 230 valence electrons. The normalized spacial score (nSPS) is 28.9. The van der Waals surface area contributed by atoms with E-state index in [1.165, 1.54) is 36.2 Å². The number of amides is 4. The number of imide groups is 2. The maximum atomic E-state index is 14.6. The van der Waals surface area contributed by atoms with Crippen molar-refractivity contribution in [2.24, 2.45) is 29.1 Å². The number of hydrogen-bond donors (Lipinski definition) is 1. The van der Waals surface area contributed by atoms with Gasteiger partial charge in [-0.3, -0.25) is 24.1 Å². The Kier molecular flexibility index (Phi) is 6.78. The summed E-state index contributed by atoms with van der Waals surface area (Å²) in [4.78, 5) is 59.4. The first kappa shape index (κ1) is 29.1. The van der Waals surface area contributed by atoms with E-state index < -0.39 is 35.0 Å². The lowest BCUT2D eigenvalue weighted by Crippen LogP contribution is -2.49. The lowest BCUT2D eigenvalue weighted by atomic mass is 9.51. The molecule has 0 aromatic heterocycles. The summed E-state index contributed by atoms with van der Waals surface area (Å²) < 4.78 is 11.5. The number of aromatic hydroxyl groups is 1. The van der Waals surface area contributed by atoms with E-state index in [1.807, 2.05) is 12.1 Å². The molecule has 1 saturated carbocycles. The van der Waals surface area contributed by atoms with Gasteiger partial charge < -0.3 is 14.6 Å². The Bertz CT molecular complexity index is 1760. The van der Waals surface area contributed by atoms with Crippen LogP contribution in [0.1, 0.15) is 31.2 Å². The highest BCUT2D eigenvalue weighted by molar-refractivity contribution is 6.31. The van der Waals surface area contributed by atoms with Gasteiger partial charge in [0.15, 0.2) is 0 Å². The molecule has 6 atom stereocenters. The number of methoxy groups -OCH3 is 2. The van der Waals surface area contributed by atoms with Crippen molar-refractivity contribution in [2.75, 3.05) is 24.0 Å². The van der Waals surface area contributed by atoms with Gasteiger partial charge in [-0.15, -0.1) is 0 Å². The Hall–Kier alpha value is -4.63. The molecule has 2 aliphatic carbocycles. The van der Waals surface area contributed by atoms with Gasteiger partial charge in [0.1, 0.15) is 17.2 Å². The second kappa shape index (κ2) is 10.5. The predicted molar refractivity (Wildman–Crippen MR) is 166 cm³/mol. The summed E-state index contributed by atoms with van der Waals surface area (Å²) in [7, 11) is 2.92. The zero-order chi connectivity index (χ0) is 31.8. The second-order valence-electron chi connectivity index (χ2n) is 12.2. The molecule has 4 amide bonds. The molecule has 1 N–H and O–H groups in total. The number of nitrogens with zero attached hydrogens (tertiary/aromatic N) is 2. The van der Waals surface area contributed by atoms with E-state index in [1.54, 1.807) is 55.5 Å². The molecule has 6 unspecified atom stereocenters.